The molecule has 1 fully saturated rings. The van der Waals surface area contributed by atoms with Gasteiger partial charge in [-0.15, -0.1) is 0 Å². The van der Waals surface area contributed by atoms with Gasteiger partial charge >= 0.3 is 0 Å². The molecule has 1 saturated carbocycles. The molecule has 0 unspecified atom stereocenters. The molecule has 1 nitrogen and oxygen atoms in total. The van der Waals surface area contributed by atoms with E-state index in [2.05, 4.69) is 25.1 Å². The van der Waals surface area contributed by atoms with E-state index < -0.39 is 0 Å². The highest BCUT2D eigenvalue weighted by Gasteiger charge is 2.15. The lowest BCUT2D eigenvalue weighted by Gasteiger charge is -2.23. The smallest absolute Gasteiger partial charge is 0.0433 e. The minimum Gasteiger partial charge on any atom is -0.396 e. The molecule has 0 amide bonds. The minimum absolute atomic E-state index is 0.394. The molecule has 2 heteroatoms. The van der Waals surface area contributed by atoms with Crippen molar-refractivity contribution < 1.29 is 5.11 Å². The van der Waals surface area contributed by atoms with Gasteiger partial charge in [-0.3, -0.25) is 0 Å². The van der Waals surface area contributed by atoms with Gasteiger partial charge in [0.1, 0.15) is 0 Å². The second-order valence-electron chi connectivity index (χ2n) is 5.30. The predicted octanol–water partition coefficient (Wildman–Crippen LogP) is 6.00. The Morgan fingerprint density at radius 3 is 2.19 bits per heavy atom. The molecule has 2 aromatic carbocycles. The van der Waals surface area contributed by atoms with Crippen LogP contribution in [0.4, 0.5) is 0 Å². The highest BCUT2D eigenvalue weighted by molar-refractivity contribution is 6.31. The lowest BCUT2D eigenvalue weighted by atomic mass is 9.83. The van der Waals surface area contributed by atoms with Crippen molar-refractivity contribution in [3.8, 4) is 0 Å². The normalized spacial score (nSPS) is 13.6. The Kier molecular flexibility index (Phi) is 8.41. The molecular formula is C19H27ClO. The van der Waals surface area contributed by atoms with Gasteiger partial charge in [-0.05, 0) is 42.2 Å². The zero-order chi connectivity index (χ0) is 15.7. The van der Waals surface area contributed by atoms with Crippen LogP contribution in [0.3, 0.4) is 0 Å². The van der Waals surface area contributed by atoms with Crippen molar-refractivity contribution in [1.82, 2.24) is 0 Å². The first-order valence-corrected chi connectivity index (χ1v) is 8.33. The minimum atomic E-state index is 0.394. The molecule has 0 saturated heterocycles. The molecule has 0 heterocycles. The number of fused-ring (bicyclic) bond motifs is 1. The zero-order valence-electron chi connectivity index (χ0n) is 13.4. The molecule has 2 aromatic rings. The van der Waals surface area contributed by atoms with E-state index in [-0.39, 0.29) is 0 Å². The third kappa shape index (κ3) is 6.07. The molecule has 0 bridgehead atoms. The molecule has 0 radical (unpaired) electrons. The van der Waals surface area contributed by atoms with Gasteiger partial charge in [0.05, 0.1) is 0 Å². The van der Waals surface area contributed by atoms with Crippen molar-refractivity contribution >= 4 is 22.4 Å². The molecule has 21 heavy (non-hydrogen) atoms. The Labute approximate surface area is 134 Å². The Balaban J connectivity index is 0.000000210. The predicted molar refractivity (Wildman–Crippen MR) is 94.1 cm³/mol. The summed E-state index contributed by atoms with van der Waals surface area (Å²) in [7, 11) is 0. The Bertz CT molecular complexity index is 491. The van der Waals surface area contributed by atoms with Crippen molar-refractivity contribution in [3.63, 3.8) is 0 Å². The fraction of sp³-hybridized carbons (Fsp3) is 0.474. The summed E-state index contributed by atoms with van der Waals surface area (Å²) in [4.78, 5) is 0. The van der Waals surface area contributed by atoms with Crippen molar-refractivity contribution in [3.05, 3.63) is 47.0 Å². The van der Waals surface area contributed by atoms with E-state index in [1.54, 1.807) is 0 Å². The lowest BCUT2D eigenvalue weighted by Crippen LogP contribution is -2.11. The Morgan fingerprint density at radius 2 is 1.67 bits per heavy atom. The summed E-state index contributed by atoms with van der Waals surface area (Å²) < 4.78 is 0. The number of benzene rings is 2. The number of hydrogen-bond donors (Lipinski definition) is 1. The van der Waals surface area contributed by atoms with Crippen LogP contribution in [0.2, 0.25) is 5.02 Å². The van der Waals surface area contributed by atoms with Gasteiger partial charge in [-0.1, -0.05) is 74.5 Å². The van der Waals surface area contributed by atoms with Gasteiger partial charge in [0.2, 0.25) is 0 Å². The van der Waals surface area contributed by atoms with Crippen LogP contribution < -0.4 is 0 Å². The van der Waals surface area contributed by atoms with E-state index in [4.69, 9.17) is 16.7 Å². The van der Waals surface area contributed by atoms with Crippen molar-refractivity contribution in [2.45, 2.75) is 46.5 Å². The summed E-state index contributed by atoms with van der Waals surface area (Å²) >= 11 is 5.86. The summed E-state index contributed by atoms with van der Waals surface area (Å²) in [6.45, 7) is 6.48. The maximum absolute atomic E-state index is 8.40. The fourth-order valence-electron chi connectivity index (χ4n) is 2.30. The van der Waals surface area contributed by atoms with E-state index in [1.807, 2.05) is 32.0 Å². The van der Waals surface area contributed by atoms with Crippen molar-refractivity contribution in [1.29, 1.82) is 0 Å². The number of aryl methyl sites for hydroxylation is 1. The first-order valence-electron chi connectivity index (χ1n) is 7.96. The van der Waals surface area contributed by atoms with Crippen LogP contribution >= 0.6 is 11.6 Å². The maximum Gasteiger partial charge on any atom is 0.0433 e. The molecule has 1 N–H and O–H groups in total. The SMILES string of the molecule is CC.Cc1ccc2cc(Cl)ccc2c1.OCCC1CCC1. The van der Waals surface area contributed by atoms with Crippen LogP contribution in [0.25, 0.3) is 10.8 Å². The Morgan fingerprint density at radius 1 is 1.05 bits per heavy atom. The first-order chi connectivity index (χ1) is 10.2. The van der Waals surface area contributed by atoms with Crippen molar-refractivity contribution in [2.75, 3.05) is 6.61 Å². The second kappa shape index (κ2) is 9.81. The molecule has 1 aliphatic carbocycles. The van der Waals surface area contributed by atoms with Gasteiger partial charge in [-0.25, -0.2) is 0 Å². The second-order valence-corrected chi connectivity index (χ2v) is 5.74. The number of hydrogen-bond acceptors (Lipinski definition) is 1. The quantitative estimate of drug-likeness (QED) is 0.721. The fourth-order valence-corrected chi connectivity index (χ4v) is 2.48. The number of rotatable bonds is 2. The third-order valence-electron chi connectivity index (χ3n) is 3.72. The van der Waals surface area contributed by atoms with E-state index in [1.165, 1.54) is 35.6 Å². The van der Waals surface area contributed by atoms with E-state index in [9.17, 15) is 0 Å². The monoisotopic (exact) mass is 306 g/mol. The number of aliphatic hydroxyl groups excluding tert-OH is 1. The summed E-state index contributed by atoms with van der Waals surface area (Å²) in [6, 6.07) is 12.3. The van der Waals surface area contributed by atoms with Gasteiger partial charge in [0.15, 0.2) is 0 Å². The van der Waals surface area contributed by atoms with E-state index >= 15 is 0 Å². The molecule has 0 aliphatic heterocycles. The summed E-state index contributed by atoms with van der Waals surface area (Å²) in [6.07, 6.45) is 5.16. The standard InChI is InChI=1S/C11H9Cl.C6H12O.C2H6/c1-8-2-3-10-7-11(12)5-4-9(10)6-8;7-5-4-6-2-1-3-6;1-2/h2-7H,1H3;6-7H,1-5H2;1-2H3. The molecule has 0 atom stereocenters. The van der Waals surface area contributed by atoms with Crippen LogP contribution in [0.15, 0.2) is 36.4 Å². The third-order valence-corrected chi connectivity index (χ3v) is 3.95. The largest absolute Gasteiger partial charge is 0.396 e. The average Bonchev–Trinajstić information content (AvgIpc) is 2.46. The molecular weight excluding hydrogens is 280 g/mol. The Hall–Kier alpha value is -1.05. The average molecular weight is 307 g/mol. The maximum atomic E-state index is 8.40. The zero-order valence-corrected chi connectivity index (χ0v) is 14.2. The molecule has 1 aliphatic rings. The van der Waals surface area contributed by atoms with Crippen LogP contribution in [-0.2, 0) is 0 Å². The lowest BCUT2D eigenvalue weighted by molar-refractivity contribution is 0.208. The van der Waals surface area contributed by atoms with Crippen LogP contribution in [0.1, 0.15) is 45.1 Å². The summed E-state index contributed by atoms with van der Waals surface area (Å²) in [5, 5.41) is 11.7. The van der Waals surface area contributed by atoms with E-state index in [0.29, 0.717) is 6.61 Å². The topological polar surface area (TPSA) is 20.2 Å². The molecule has 0 aromatic heterocycles. The highest BCUT2D eigenvalue weighted by Crippen LogP contribution is 2.28. The number of aliphatic hydroxyl groups is 1. The summed E-state index contributed by atoms with van der Waals surface area (Å²) in [5.74, 6) is 0.880. The van der Waals surface area contributed by atoms with Gasteiger partial charge in [0, 0.05) is 11.6 Å². The van der Waals surface area contributed by atoms with Crippen molar-refractivity contribution in [2.24, 2.45) is 5.92 Å². The van der Waals surface area contributed by atoms with Gasteiger partial charge in [-0.2, -0.15) is 0 Å². The molecule has 3 rings (SSSR count). The molecule has 116 valence electrons. The molecule has 0 spiro atoms. The van der Waals surface area contributed by atoms with Gasteiger partial charge < -0.3 is 5.11 Å². The summed E-state index contributed by atoms with van der Waals surface area (Å²) in [5.41, 5.74) is 1.28. The van der Waals surface area contributed by atoms with Crippen LogP contribution in [-0.4, -0.2) is 11.7 Å². The van der Waals surface area contributed by atoms with E-state index in [0.717, 1.165) is 17.4 Å². The first kappa shape index (κ1) is 18.0. The number of halogens is 1. The van der Waals surface area contributed by atoms with Crippen LogP contribution in [0, 0.1) is 12.8 Å². The van der Waals surface area contributed by atoms with Crippen LogP contribution in [0.5, 0.6) is 0 Å². The van der Waals surface area contributed by atoms with Gasteiger partial charge in [0.25, 0.3) is 0 Å². The highest BCUT2D eigenvalue weighted by atomic mass is 35.5.